The van der Waals surface area contributed by atoms with Gasteiger partial charge in [0.1, 0.15) is 11.6 Å². The summed E-state index contributed by atoms with van der Waals surface area (Å²) in [5.74, 6) is -0.137. The van der Waals surface area contributed by atoms with E-state index in [1.54, 1.807) is 36.4 Å². The Morgan fingerprint density at radius 1 is 1.07 bits per heavy atom. The number of ether oxygens (including phenoxy) is 1. The molecular formula is C24H25FN2O3. The van der Waals surface area contributed by atoms with Crippen molar-refractivity contribution in [3.05, 3.63) is 82.9 Å². The first-order chi connectivity index (χ1) is 14.3. The van der Waals surface area contributed by atoms with Crippen molar-refractivity contribution < 1.29 is 18.7 Å². The van der Waals surface area contributed by atoms with Gasteiger partial charge in [-0.15, -0.1) is 0 Å². The molecule has 2 aromatic carbocycles. The Labute approximate surface area is 175 Å². The Morgan fingerprint density at radius 3 is 2.47 bits per heavy atom. The largest absolute Gasteiger partial charge is 0.483 e. The van der Waals surface area contributed by atoms with Crippen molar-refractivity contribution in [2.75, 3.05) is 11.9 Å². The average Bonchev–Trinajstić information content (AvgIpc) is 3.00. The van der Waals surface area contributed by atoms with Crippen LogP contribution in [-0.2, 0) is 17.8 Å². The number of anilines is 1. The van der Waals surface area contributed by atoms with Gasteiger partial charge in [-0.05, 0) is 56.2 Å². The molecule has 0 aliphatic carbocycles. The molecule has 156 valence electrons. The molecule has 30 heavy (non-hydrogen) atoms. The number of amides is 1. The number of carbonyl (C=O) groups excluding carboxylic acids is 2. The van der Waals surface area contributed by atoms with E-state index in [0.717, 1.165) is 23.4 Å². The molecule has 0 bridgehead atoms. The molecule has 1 heterocycles. The molecule has 3 aromatic rings. The molecular weight excluding hydrogens is 383 g/mol. The first-order valence-corrected chi connectivity index (χ1v) is 9.79. The molecule has 0 saturated carbocycles. The Hall–Kier alpha value is -3.41. The fourth-order valence-electron chi connectivity index (χ4n) is 3.43. The van der Waals surface area contributed by atoms with Crippen molar-refractivity contribution in [3.8, 4) is 5.75 Å². The van der Waals surface area contributed by atoms with Gasteiger partial charge in [0.05, 0.1) is 5.69 Å². The van der Waals surface area contributed by atoms with Gasteiger partial charge in [0.2, 0.25) is 11.7 Å². The summed E-state index contributed by atoms with van der Waals surface area (Å²) in [4.78, 5) is 24.1. The number of carbonyl (C=O) groups is 2. The lowest BCUT2D eigenvalue weighted by molar-refractivity contribution is -0.114. The van der Waals surface area contributed by atoms with E-state index >= 15 is 0 Å². The zero-order valence-electron chi connectivity index (χ0n) is 17.4. The van der Waals surface area contributed by atoms with Crippen LogP contribution in [0.5, 0.6) is 5.75 Å². The number of rotatable bonds is 8. The number of aryl methyl sites for hydroxylation is 2. The lowest BCUT2D eigenvalue weighted by atomic mass is 10.1. The maximum absolute atomic E-state index is 13.1. The van der Waals surface area contributed by atoms with E-state index in [1.807, 2.05) is 19.9 Å². The predicted molar refractivity (Wildman–Crippen MR) is 115 cm³/mol. The quantitative estimate of drug-likeness (QED) is 0.549. The van der Waals surface area contributed by atoms with Crippen LogP contribution < -0.4 is 10.1 Å². The number of aromatic nitrogens is 1. The second kappa shape index (κ2) is 9.39. The first kappa shape index (κ1) is 21.3. The van der Waals surface area contributed by atoms with Crippen molar-refractivity contribution in [2.24, 2.45) is 0 Å². The fraction of sp³-hybridized carbons (Fsp3) is 0.250. The topological polar surface area (TPSA) is 60.3 Å². The number of ketones is 1. The molecule has 3 rings (SSSR count). The Morgan fingerprint density at radius 2 is 1.77 bits per heavy atom. The molecule has 1 N–H and O–H groups in total. The minimum Gasteiger partial charge on any atom is -0.483 e. The van der Waals surface area contributed by atoms with Crippen LogP contribution in [0.4, 0.5) is 10.1 Å². The minimum absolute atomic E-state index is 0.126. The van der Waals surface area contributed by atoms with Crippen molar-refractivity contribution in [3.63, 3.8) is 0 Å². The molecule has 5 nitrogen and oxygen atoms in total. The number of nitrogens with one attached hydrogen (secondary N) is 1. The summed E-state index contributed by atoms with van der Waals surface area (Å²) in [6.45, 7) is 5.86. The maximum atomic E-state index is 13.1. The second-order valence-electron chi connectivity index (χ2n) is 7.20. The van der Waals surface area contributed by atoms with Crippen LogP contribution in [0, 0.1) is 19.7 Å². The lowest BCUT2D eigenvalue weighted by Crippen LogP contribution is -2.15. The monoisotopic (exact) mass is 408 g/mol. The Bertz CT molecular complexity index is 1050. The van der Waals surface area contributed by atoms with E-state index in [4.69, 9.17) is 4.74 Å². The standard InChI is InChI=1S/C24H25FN2O3/c1-16-14-21(17(2)27(16)13-12-19-8-10-20(25)11-9-19)23(29)15-30-24-7-5-4-6-22(24)26-18(3)28/h4-11,14H,12-13,15H2,1-3H3,(H,26,28). The van der Waals surface area contributed by atoms with Crippen molar-refractivity contribution in [2.45, 2.75) is 33.7 Å². The lowest BCUT2D eigenvalue weighted by Gasteiger charge is -2.12. The van der Waals surface area contributed by atoms with Gasteiger partial charge in [0.15, 0.2) is 6.61 Å². The predicted octanol–water partition coefficient (Wildman–Crippen LogP) is 4.71. The van der Waals surface area contributed by atoms with Crippen LogP contribution in [0.3, 0.4) is 0 Å². The molecule has 0 aliphatic rings. The van der Waals surface area contributed by atoms with Crippen LogP contribution >= 0.6 is 0 Å². The highest BCUT2D eigenvalue weighted by Gasteiger charge is 2.17. The van der Waals surface area contributed by atoms with Gasteiger partial charge in [-0.2, -0.15) is 0 Å². The van der Waals surface area contributed by atoms with Crippen molar-refractivity contribution >= 4 is 17.4 Å². The van der Waals surface area contributed by atoms with Gasteiger partial charge in [-0.1, -0.05) is 24.3 Å². The van der Waals surface area contributed by atoms with Gasteiger partial charge in [-0.3, -0.25) is 9.59 Å². The zero-order chi connectivity index (χ0) is 21.7. The summed E-state index contributed by atoms with van der Waals surface area (Å²) in [7, 11) is 0. The average molecular weight is 408 g/mol. The van der Waals surface area contributed by atoms with Gasteiger partial charge >= 0.3 is 0 Å². The smallest absolute Gasteiger partial charge is 0.221 e. The highest BCUT2D eigenvalue weighted by Crippen LogP contribution is 2.24. The van der Waals surface area contributed by atoms with E-state index in [9.17, 15) is 14.0 Å². The first-order valence-electron chi connectivity index (χ1n) is 9.79. The van der Waals surface area contributed by atoms with E-state index < -0.39 is 0 Å². The van der Waals surface area contributed by atoms with Gasteiger partial charge in [-0.25, -0.2) is 4.39 Å². The molecule has 1 aromatic heterocycles. The SMILES string of the molecule is CC(=O)Nc1ccccc1OCC(=O)c1cc(C)n(CCc2ccc(F)cc2)c1C. The molecule has 0 saturated heterocycles. The van der Waals surface area contributed by atoms with E-state index in [0.29, 0.717) is 23.5 Å². The third-order valence-corrected chi connectivity index (χ3v) is 4.97. The summed E-state index contributed by atoms with van der Waals surface area (Å²) in [5, 5.41) is 2.69. The molecule has 0 spiro atoms. The Balaban J connectivity index is 1.68. The highest BCUT2D eigenvalue weighted by atomic mass is 19.1. The number of hydrogen-bond acceptors (Lipinski definition) is 3. The van der Waals surface area contributed by atoms with Crippen LogP contribution in [0.15, 0.2) is 54.6 Å². The molecule has 1 amide bonds. The van der Waals surface area contributed by atoms with Gasteiger partial charge < -0.3 is 14.6 Å². The van der Waals surface area contributed by atoms with Crippen LogP contribution in [0.25, 0.3) is 0 Å². The summed E-state index contributed by atoms with van der Waals surface area (Å²) in [5.41, 5.74) is 4.04. The van der Waals surface area contributed by atoms with E-state index in [2.05, 4.69) is 9.88 Å². The number of benzene rings is 2. The second-order valence-corrected chi connectivity index (χ2v) is 7.20. The normalized spacial score (nSPS) is 10.7. The minimum atomic E-state index is -0.250. The number of halogens is 1. The summed E-state index contributed by atoms with van der Waals surface area (Å²) in [6.07, 6.45) is 0.741. The van der Waals surface area contributed by atoms with Crippen LogP contribution in [-0.4, -0.2) is 22.9 Å². The zero-order valence-corrected chi connectivity index (χ0v) is 17.4. The Kier molecular flexibility index (Phi) is 6.67. The maximum Gasteiger partial charge on any atom is 0.221 e. The van der Waals surface area contributed by atoms with Gasteiger partial charge in [0, 0.05) is 30.4 Å². The fourth-order valence-corrected chi connectivity index (χ4v) is 3.43. The summed E-state index contributed by atoms with van der Waals surface area (Å²) < 4.78 is 20.9. The molecule has 0 fully saturated rings. The summed E-state index contributed by atoms with van der Waals surface area (Å²) >= 11 is 0. The molecule has 6 heteroatoms. The van der Waals surface area contributed by atoms with E-state index in [-0.39, 0.29) is 24.1 Å². The van der Waals surface area contributed by atoms with Gasteiger partial charge in [0.25, 0.3) is 0 Å². The summed E-state index contributed by atoms with van der Waals surface area (Å²) in [6, 6.07) is 15.3. The molecule has 0 unspecified atom stereocenters. The number of para-hydroxylation sites is 2. The number of hydrogen-bond donors (Lipinski definition) is 1. The number of Topliss-reactive ketones (excluding diaryl/α,β-unsaturated/α-hetero) is 1. The van der Waals surface area contributed by atoms with E-state index in [1.165, 1.54) is 19.1 Å². The van der Waals surface area contributed by atoms with Crippen LogP contribution in [0.2, 0.25) is 0 Å². The third kappa shape index (κ3) is 5.14. The van der Waals surface area contributed by atoms with Crippen molar-refractivity contribution in [1.82, 2.24) is 4.57 Å². The molecule has 0 atom stereocenters. The molecule has 0 aliphatic heterocycles. The van der Waals surface area contributed by atoms with Crippen molar-refractivity contribution in [1.29, 1.82) is 0 Å². The third-order valence-electron chi connectivity index (χ3n) is 4.97. The van der Waals surface area contributed by atoms with Crippen LogP contribution in [0.1, 0.15) is 34.2 Å². The number of nitrogens with zero attached hydrogens (tertiary/aromatic N) is 1. The highest BCUT2D eigenvalue weighted by molar-refractivity contribution is 5.98. The molecule has 0 radical (unpaired) electrons.